The number of benzene rings is 1. The van der Waals surface area contributed by atoms with Crippen LogP contribution in [0.3, 0.4) is 0 Å². The molecule has 0 atom stereocenters. The summed E-state index contributed by atoms with van der Waals surface area (Å²) in [5.74, 6) is -0.240. The lowest BCUT2D eigenvalue weighted by atomic mass is 10.1. The minimum Gasteiger partial charge on any atom is -0.216 e. The van der Waals surface area contributed by atoms with E-state index in [1.165, 1.54) is 12.1 Å². The molecule has 0 fully saturated rings. The average molecular weight is 261 g/mol. The monoisotopic (exact) mass is 260 g/mol. The Morgan fingerprint density at radius 3 is 2.43 bits per heavy atom. The standard InChI is InChI=1S/C11H11BrF2/c12-7-10(8-13)2-1-9-3-5-11(14)6-4-9/h3-6,8H,1-2,7H2/b10-8+. The van der Waals surface area contributed by atoms with Crippen molar-refractivity contribution < 1.29 is 8.78 Å². The molecule has 0 unspecified atom stereocenters. The molecular formula is C11H11BrF2. The van der Waals surface area contributed by atoms with E-state index in [2.05, 4.69) is 15.9 Å². The molecule has 0 spiro atoms. The van der Waals surface area contributed by atoms with E-state index in [4.69, 9.17) is 0 Å². The number of halogens is 3. The number of hydrogen-bond donors (Lipinski definition) is 0. The van der Waals surface area contributed by atoms with Crippen LogP contribution in [0, 0.1) is 5.82 Å². The van der Waals surface area contributed by atoms with Gasteiger partial charge in [0, 0.05) is 5.33 Å². The predicted molar refractivity (Wildman–Crippen MR) is 57.7 cm³/mol. The topological polar surface area (TPSA) is 0 Å². The Labute approximate surface area is 90.8 Å². The van der Waals surface area contributed by atoms with Gasteiger partial charge in [-0.3, -0.25) is 0 Å². The largest absolute Gasteiger partial charge is 0.216 e. The van der Waals surface area contributed by atoms with Gasteiger partial charge in [-0.1, -0.05) is 28.1 Å². The van der Waals surface area contributed by atoms with Crippen LogP contribution in [0.4, 0.5) is 8.78 Å². The fourth-order valence-corrected chi connectivity index (χ4v) is 1.51. The summed E-state index contributed by atoms with van der Waals surface area (Å²) < 4.78 is 24.7. The molecule has 0 amide bonds. The van der Waals surface area contributed by atoms with Crippen LogP contribution in [0.15, 0.2) is 36.2 Å². The Bertz CT molecular complexity index is 304. The van der Waals surface area contributed by atoms with Crippen LogP contribution < -0.4 is 0 Å². The van der Waals surface area contributed by atoms with E-state index in [0.717, 1.165) is 12.0 Å². The lowest BCUT2D eigenvalue weighted by molar-refractivity contribution is 0.627. The maximum atomic E-state index is 12.5. The van der Waals surface area contributed by atoms with Crippen molar-refractivity contribution in [1.29, 1.82) is 0 Å². The summed E-state index contributed by atoms with van der Waals surface area (Å²) in [5, 5.41) is 0.546. The first-order chi connectivity index (χ1) is 6.76. The van der Waals surface area contributed by atoms with Gasteiger partial charge in [0.25, 0.3) is 0 Å². The minimum absolute atomic E-state index is 0.240. The molecule has 3 heteroatoms. The number of aryl methyl sites for hydroxylation is 1. The lowest BCUT2D eigenvalue weighted by Gasteiger charge is -2.02. The summed E-state index contributed by atoms with van der Waals surface area (Å²) in [5.41, 5.74) is 1.74. The fraction of sp³-hybridized carbons (Fsp3) is 0.273. The molecule has 0 nitrogen and oxygen atoms in total. The number of rotatable bonds is 4. The van der Waals surface area contributed by atoms with Gasteiger partial charge in [0.05, 0.1) is 6.33 Å². The Morgan fingerprint density at radius 2 is 1.93 bits per heavy atom. The van der Waals surface area contributed by atoms with E-state index in [-0.39, 0.29) is 5.82 Å². The van der Waals surface area contributed by atoms with Crippen molar-refractivity contribution in [3.8, 4) is 0 Å². The number of hydrogen-bond acceptors (Lipinski definition) is 0. The van der Waals surface area contributed by atoms with Crippen molar-refractivity contribution in [2.24, 2.45) is 0 Å². The zero-order valence-electron chi connectivity index (χ0n) is 7.64. The molecule has 0 aliphatic rings. The number of alkyl halides is 1. The molecule has 14 heavy (non-hydrogen) atoms. The van der Waals surface area contributed by atoms with E-state index in [0.29, 0.717) is 23.7 Å². The van der Waals surface area contributed by atoms with Crippen molar-refractivity contribution in [2.75, 3.05) is 5.33 Å². The van der Waals surface area contributed by atoms with Gasteiger partial charge in [0.1, 0.15) is 5.82 Å². The molecule has 0 heterocycles. The smallest absolute Gasteiger partial charge is 0.123 e. The molecule has 0 saturated carbocycles. The highest BCUT2D eigenvalue weighted by atomic mass is 79.9. The second-order valence-electron chi connectivity index (χ2n) is 3.03. The van der Waals surface area contributed by atoms with E-state index in [1.54, 1.807) is 12.1 Å². The van der Waals surface area contributed by atoms with E-state index in [9.17, 15) is 8.78 Å². The normalized spacial score (nSPS) is 11.8. The third-order valence-corrected chi connectivity index (χ3v) is 2.69. The first-order valence-electron chi connectivity index (χ1n) is 4.35. The Hall–Kier alpha value is -0.700. The first kappa shape index (κ1) is 11.4. The summed E-state index contributed by atoms with van der Waals surface area (Å²) in [6.07, 6.45) is 2.02. The van der Waals surface area contributed by atoms with Crippen molar-refractivity contribution in [2.45, 2.75) is 12.8 Å². The van der Waals surface area contributed by atoms with Crippen LogP contribution in [0.1, 0.15) is 12.0 Å². The SMILES string of the molecule is F/C=C(/CBr)CCc1ccc(F)cc1. The maximum absolute atomic E-state index is 12.5. The van der Waals surface area contributed by atoms with Gasteiger partial charge in [-0.05, 0) is 36.1 Å². The molecule has 0 aromatic heterocycles. The van der Waals surface area contributed by atoms with Crippen molar-refractivity contribution in [1.82, 2.24) is 0 Å². The second kappa shape index (κ2) is 5.91. The molecule has 0 bridgehead atoms. The van der Waals surface area contributed by atoms with Crippen LogP contribution in [-0.2, 0) is 6.42 Å². The van der Waals surface area contributed by atoms with Gasteiger partial charge in [0.15, 0.2) is 0 Å². The molecule has 0 saturated heterocycles. The van der Waals surface area contributed by atoms with Crippen LogP contribution in [-0.4, -0.2) is 5.33 Å². The molecule has 1 aromatic rings. The first-order valence-corrected chi connectivity index (χ1v) is 5.47. The van der Waals surface area contributed by atoms with Gasteiger partial charge in [-0.2, -0.15) is 0 Å². The van der Waals surface area contributed by atoms with Gasteiger partial charge in [-0.15, -0.1) is 0 Å². The zero-order valence-corrected chi connectivity index (χ0v) is 9.23. The molecule has 0 N–H and O–H groups in total. The van der Waals surface area contributed by atoms with E-state index < -0.39 is 0 Å². The van der Waals surface area contributed by atoms with Gasteiger partial charge in [0.2, 0.25) is 0 Å². The Kier molecular flexibility index (Phi) is 4.80. The highest BCUT2D eigenvalue weighted by molar-refractivity contribution is 9.09. The summed E-state index contributed by atoms with van der Waals surface area (Å²) >= 11 is 3.19. The summed E-state index contributed by atoms with van der Waals surface area (Å²) in [7, 11) is 0. The quantitative estimate of drug-likeness (QED) is 0.718. The molecule has 0 radical (unpaired) electrons. The Balaban J connectivity index is 2.49. The molecular weight excluding hydrogens is 250 g/mol. The van der Waals surface area contributed by atoms with Crippen LogP contribution >= 0.6 is 15.9 Å². The molecule has 0 aliphatic heterocycles. The summed E-state index contributed by atoms with van der Waals surface area (Å²) in [6, 6.07) is 6.28. The highest BCUT2D eigenvalue weighted by Crippen LogP contribution is 2.12. The van der Waals surface area contributed by atoms with Crippen LogP contribution in [0.25, 0.3) is 0 Å². The van der Waals surface area contributed by atoms with E-state index in [1.807, 2.05) is 0 Å². The lowest BCUT2D eigenvalue weighted by Crippen LogP contribution is -1.90. The van der Waals surface area contributed by atoms with Crippen LogP contribution in [0.5, 0.6) is 0 Å². The van der Waals surface area contributed by atoms with Gasteiger partial charge >= 0.3 is 0 Å². The second-order valence-corrected chi connectivity index (χ2v) is 3.59. The van der Waals surface area contributed by atoms with Crippen molar-refractivity contribution in [3.63, 3.8) is 0 Å². The van der Waals surface area contributed by atoms with Crippen molar-refractivity contribution in [3.05, 3.63) is 47.5 Å². The third kappa shape index (κ3) is 3.58. The van der Waals surface area contributed by atoms with Gasteiger partial charge < -0.3 is 0 Å². The fourth-order valence-electron chi connectivity index (χ4n) is 1.11. The molecule has 1 rings (SSSR count). The zero-order chi connectivity index (χ0) is 10.4. The summed E-state index contributed by atoms with van der Waals surface area (Å²) in [4.78, 5) is 0. The van der Waals surface area contributed by atoms with Crippen molar-refractivity contribution >= 4 is 15.9 Å². The summed E-state index contributed by atoms with van der Waals surface area (Å²) in [6.45, 7) is 0. The maximum Gasteiger partial charge on any atom is 0.123 e. The van der Waals surface area contributed by atoms with Gasteiger partial charge in [-0.25, -0.2) is 8.78 Å². The van der Waals surface area contributed by atoms with Crippen LogP contribution in [0.2, 0.25) is 0 Å². The third-order valence-electron chi connectivity index (χ3n) is 1.97. The number of allylic oxidation sites excluding steroid dienone is 1. The van der Waals surface area contributed by atoms with E-state index >= 15 is 0 Å². The molecule has 0 aliphatic carbocycles. The average Bonchev–Trinajstić information content (AvgIpc) is 2.22. The predicted octanol–water partition coefficient (Wildman–Crippen LogP) is 4.01. The highest BCUT2D eigenvalue weighted by Gasteiger charge is 1.98. The molecule has 76 valence electrons. The molecule has 1 aromatic carbocycles. The minimum atomic E-state index is -0.240. The Morgan fingerprint density at radius 1 is 1.29 bits per heavy atom.